The predicted molar refractivity (Wildman–Crippen MR) is 52.1 cm³/mol. The van der Waals surface area contributed by atoms with Crippen molar-refractivity contribution in [2.24, 2.45) is 0 Å². The first-order valence-corrected chi connectivity index (χ1v) is 5.39. The molecule has 0 aromatic heterocycles. The van der Waals surface area contributed by atoms with Crippen LogP contribution < -0.4 is 0 Å². The highest BCUT2D eigenvalue weighted by molar-refractivity contribution is 4.95. The van der Waals surface area contributed by atoms with Gasteiger partial charge in [-0.3, -0.25) is 4.90 Å². The van der Waals surface area contributed by atoms with E-state index in [9.17, 15) is 5.11 Å². The highest BCUT2D eigenvalue weighted by atomic mass is 16.5. The van der Waals surface area contributed by atoms with Crippen LogP contribution in [0.2, 0.25) is 0 Å². The summed E-state index contributed by atoms with van der Waals surface area (Å²) in [5, 5.41) is 18.4. The molecule has 2 saturated heterocycles. The van der Waals surface area contributed by atoms with E-state index in [2.05, 4.69) is 4.90 Å². The molecule has 0 aliphatic carbocycles. The highest BCUT2D eigenvalue weighted by Crippen LogP contribution is 2.33. The molecule has 0 bridgehead atoms. The van der Waals surface area contributed by atoms with Crippen LogP contribution in [0.15, 0.2) is 0 Å². The number of rotatable bonds is 2. The maximum atomic E-state index is 9.60. The molecule has 0 aromatic carbocycles. The van der Waals surface area contributed by atoms with E-state index in [1.165, 1.54) is 0 Å². The zero-order valence-electron chi connectivity index (χ0n) is 8.48. The molecule has 0 amide bonds. The Morgan fingerprint density at radius 3 is 3.07 bits per heavy atom. The van der Waals surface area contributed by atoms with Gasteiger partial charge in [0.25, 0.3) is 0 Å². The number of hydrogen-bond acceptors (Lipinski definition) is 4. The number of β-amino-alcohol motifs (C(OH)–C–C–N with tert-alkyl or cyclic N) is 1. The van der Waals surface area contributed by atoms with E-state index in [0.717, 1.165) is 38.9 Å². The van der Waals surface area contributed by atoms with Crippen molar-refractivity contribution in [3.63, 3.8) is 0 Å². The van der Waals surface area contributed by atoms with Gasteiger partial charge in [-0.1, -0.05) is 0 Å². The minimum absolute atomic E-state index is 0.118. The zero-order valence-corrected chi connectivity index (χ0v) is 8.48. The second-order valence-electron chi connectivity index (χ2n) is 4.43. The molecule has 14 heavy (non-hydrogen) atoms. The molecule has 4 heteroatoms. The molecule has 2 rings (SSSR count). The van der Waals surface area contributed by atoms with Crippen LogP contribution in [-0.4, -0.2) is 59.7 Å². The van der Waals surface area contributed by atoms with E-state index in [-0.39, 0.29) is 18.3 Å². The van der Waals surface area contributed by atoms with Gasteiger partial charge in [-0.25, -0.2) is 0 Å². The lowest BCUT2D eigenvalue weighted by atomic mass is 9.91. The fourth-order valence-electron chi connectivity index (χ4n) is 2.55. The first-order chi connectivity index (χ1) is 6.74. The Morgan fingerprint density at radius 2 is 2.36 bits per heavy atom. The molecular weight excluding hydrogens is 182 g/mol. The van der Waals surface area contributed by atoms with Crippen LogP contribution in [-0.2, 0) is 4.74 Å². The van der Waals surface area contributed by atoms with E-state index in [1.807, 2.05) is 0 Å². The maximum Gasteiger partial charge on any atom is 0.0845 e. The van der Waals surface area contributed by atoms with Crippen molar-refractivity contribution in [3.05, 3.63) is 0 Å². The van der Waals surface area contributed by atoms with Crippen LogP contribution in [0.5, 0.6) is 0 Å². The number of nitrogens with zero attached hydrogens (tertiary/aromatic N) is 1. The lowest BCUT2D eigenvalue weighted by Crippen LogP contribution is -2.44. The first kappa shape index (κ1) is 10.4. The van der Waals surface area contributed by atoms with Crippen LogP contribution in [0, 0.1) is 0 Å². The monoisotopic (exact) mass is 201 g/mol. The highest BCUT2D eigenvalue weighted by Gasteiger charge is 2.42. The van der Waals surface area contributed by atoms with Crippen molar-refractivity contribution in [1.29, 1.82) is 0 Å². The molecule has 1 spiro atoms. The largest absolute Gasteiger partial charge is 0.395 e. The van der Waals surface area contributed by atoms with E-state index in [4.69, 9.17) is 9.84 Å². The van der Waals surface area contributed by atoms with Crippen molar-refractivity contribution in [2.45, 2.75) is 31.0 Å². The fraction of sp³-hybridized carbons (Fsp3) is 1.00. The Bertz CT molecular complexity index is 200. The number of ether oxygens (including phenoxy) is 1. The molecule has 0 saturated carbocycles. The Morgan fingerprint density at radius 1 is 1.50 bits per heavy atom. The van der Waals surface area contributed by atoms with E-state index in [1.54, 1.807) is 0 Å². The maximum absolute atomic E-state index is 9.60. The molecule has 2 heterocycles. The number of aliphatic hydroxyl groups excluding tert-OH is 2. The second kappa shape index (κ2) is 4.14. The summed E-state index contributed by atoms with van der Waals surface area (Å²) in [6.07, 6.45) is 2.32. The Hall–Kier alpha value is -0.160. The van der Waals surface area contributed by atoms with Crippen LogP contribution in [0.25, 0.3) is 0 Å². The first-order valence-electron chi connectivity index (χ1n) is 5.39. The SMILES string of the molecule is OCCN1CC[C@]2(C[C@@H](O)CCO2)C1. The van der Waals surface area contributed by atoms with Crippen molar-refractivity contribution in [3.8, 4) is 0 Å². The molecule has 2 aliphatic rings. The van der Waals surface area contributed by atoms with Gasteiger partial charge in [0.1, 0.15) is 0 Å². The van der Waals surface area contributed by atoms with Crippen LogP contribution in [0.1, 0.15) is 19.3 Å². The van der Waals surface area contributed by atoms with Gasteiger partial charge in [0, 0.05) is 32.7 Å². The third-order valence-electron chi connectivity index (χ3n) is 3.28. The number of likely N-dealkylation sites (tertiary alicyclic amines) is 1. The summed E-state index contributed by atoms with van der Waals surface area (Å²) in [6, 6.07) is 0. The molecular formula is C10H19NO3. The molecule has 2 atom stereocenters. The summed E-state index contributed by atoms with van der Waals surface area (Å²) in [5.74, 6) is 0. The van der Waals surface area contributed by atoms with Crippen molar-refractivity contribution >= 4 is 0 Å². The smallest absolute Gasteiger partial charge is 0.0845 e. The molecule has 82 valence electrons. The summed E-state index contributed by atoms with van der Waals surface area (Å²) >= 11 is 0. The Kier molecular flexibility index (Phi) is 3.07. The average molecular weight is 201 g/mol. The Labute approximate surface area is 84.5 Å². The van der Waals surface area contributed by atoms with Gasteiger partial charge in [-0.2, -0.15) is 0 Å². The van der Waals surface area contributed by atoms with Gasteiger partial charge in [-0.15, -0.1) is 0 Å². The lowest BCUT2D eigenvalue weighted by Gasteiger charge is -2.36. The van der Waals surface area contributed by atoms with E-state index < -0.39 is 0 Å². The quantitative estimate of drug-likeness (QED) is 0.638. The van der Waals surface area contributed by atoms with Crippen molar-refractivity contribution < 1.29 is 14.9 Å². The van der Waals surface area contributed by atoms with Gasteiger partial charge in [-0.05, 0) is 12.8 Å². The summed E-state index contributed by atoms with van der Waals surface area (Å²) in [6.45, 7) is 3.45. The Balaban J connectivity index is 1.91. The summed E-state index contributed by atoms with van der Waals surface area (Å²) in [5.41, 5.74) is -0.118. The molecule has 0 radical (unpaired) electrons. The third-order valence-corrected chi connectivity index (χ3v) is 3.28. The van der Waals surface area contributed by atoms with Crippen LogP contribution in [0.3, 0.4) is 0 Å². The van der Waals surface area contributed by atoms with Crippen molar-refractivity contribution in [1.82, 2.24) is 4.90 Å². The lowest BCUT2D eigenvalue weighted by molar-refractivity contribution is -0.110. The van der Waals surface area contributed by atoms with Crippen LogP contribution in [0.4, 0.5) is 0 Å². The van der Waals surface area contributed by atoms with Gasteiger partial charge in [0.05, 0.1) is 18.3 Å². The number of hydrogen-bond donors (Lipinski definition) is 2. The van der Waals surface area contributed by atoms with Gasteiger partial charge >= 0.3 is 0 Å². The molecule has 0 unspecified atom stereocenters. The van der Waals surface area contributed by atoms with Crippen LogP contribution >= 0.6 is 0 Å². The minimum atomic E-state index is -0.196. The summed E-state index contributed by atoms with van der Waals surface area (Å²) < 4.78 is 5.79. The van der Waals surface area contributed by atoms with E-state index >= 15 is 0 Å². The molecule has 2 N–H and O–H groups in total. The minimum Gasteiger partial charge on any atom is -0.395 e. The van der Waals surface area contributed by atoms with E-state index in [0.29, 0.717) is 6.61 Å². The topological polar surface area (TPSA) is 52.9 Å². The normalized spacial score (nSPS) is 39.4. The zero-order chi connectivity index (χ0) is 10.0. The molecule has 2 aliphatic heterocycles. The third kappa shape index (κ3) is 2.08. The fourth-order valence-corrected chi connectivity index (χ4v) is 2.55. The summed E-state index contributed by atoms with van der Waals surface area (Å²) in [7, 11) is 0. The van der Waals surface area contributed by atoms with Gasteiger partial charge in [0.2, 0.25) is 0 Å². The molecule has 2 fully saturated rings. The summed E-state index contributed by atoms with van der Waals surface area (Å²) in [4.78, 5) is 2.21. The predicted octanol–water partition coefficient (Wildman–Crippen LogP) is -0.406. The van der Waals surface area contributed by atoms with Gasteiger partial charge < -0.3 is 14.9 Å². The van der Waals surface area contributed by atoms with Gasteiger partial charge in [0.15, 0.2) is 0 Å². The second-order valence-corrected chi connectivity index (χ2v) is 4.43. The molecule has 0 aromatic rings. The standard InChI is InChI=1S/C10H19NO3/c12-5-4-11-3-2-10(8-11)7-9(13)1-6-14-10/h9,12-13H,1-8H2/t9-,10-/m0/s1. The average Bonchev–Trinajstić information content (AvgIpc) is 2.49. The van der Waals surface area contributed by atoms with Crippen molar-refractivity contribution in [2.75, 3.05) is 32.8 Å². The number of aliphatic hydroxyl groups is 2. The molecule has 4 nitrogen and oxygen atoms in total.